The topological polar surface area (TPSA) is 68.1 Å². The summed E-state index contributed by atoms with van der Waals surface area (Å²) in [7, 11) is 0. The normalized spacial score (nSPS) is 11.8. The molecule has 0 aliphatic carbocycles. The molecule has 0 saturated heterocycles. The number of aromatic nitrogens is 1. The molecule has 0 amide bonds. The van der Waals surface area contributed by atoms with Crippen LogP contribution >= 0.6 is 0 Å². The number of hydrogen-bond donors (Lipinski definition) is 1. The number of benzene rings is 1. The van der Waals surface area contributed by atoms with Crippen molar-refractivity contribution in [3.05, 3.63) is 64.3 Å². The van der Waals surface area contributed by atoms with Gasteiger partial charge in [-0.15, -0.1) is 0 Å². The molecule has 1 aromatic heterocycles. The largest absolute Gasteiger partial charge is 0.375 e. The molecule has 0 radical (unpaired) electrons. The molecule has 1 heterocycles. The van der Waals surface area contributed by atoms with Crippen LogP contribution in [0.4, 0.5) is 11.5 Å². The van der Waals surface area contributed by atoms with Crippen LogP contribution in [0.5, 0.6) is 0 Å². The average molecular weight is 243 g/mol. The lowest BCUT2D eigenvalue weighted by atomic mass is 10.1. The molecule has 1 N–H and O–H groups in total. The van der Waals surface area contributed by atoms with Crippen molar-refractivity contribution in [1.82, 2.24) is 4.98 Å². The fourth-order valence-electron chi connectivity index (χ4n) is 1.65. The second kappa shape index (κ2) is 5.27. The summed E-state index contributed by atoms with van der Waals surface area (Å²) < 4.78 is 0. The van der Waals surface area contributed by atoms with E-state index in [1.165, 1.54) is 12.3 Å². The zero-order chi connectivity index (χ0) is 13.0. The molecular weight excluding hydrogens is 230 g/mol. The van der Waals surface area contributed by atoms with Crippen molar-refractivity contribution in [2.24, 2.45) is 0 Å². The lowest BCUT2D eigenvalue weighted by Crippen LogP contribution is -2.06. The predicted octanol–water partition coefficient (Wildman–Crippen LogP) is 3.16. The van der Waals surface area contributed by atoms with Gasteiger partial charge in [0.15, 0.2) is 6.20 Å². The number of rotatable bonds is 4. The van der Waals surface area contributed by atoms with Gasteiger partial charge in [0.2, 0.25) is 0 Å². The molecule has 0 bridgehead atoms. The first-order chi connectivity index (χ1) is 8.66. The maximum atomic E-state index is 10.5. The molecule has 5 heteroatoms. The smallest absolute Gasteiger partial charge is 0.363 e. The number of nitrogens with zero attached hydrogens (tertiary/aromatic N) is 2. The predicted molar refractivity (Wildman–Crippen MR) is 69.4 cm³/mol. The molecule has 0 spiro atoms. The summed E-state index contributed by atoms with van der Waals surface area (Å²) in [5.74, 6) is -0.145. The van der Waals surface area contributed by atoms with E-state index in [-0.39, 0.29) is 11.9 Å². The Hall–Kier alpha value is -2.43. The first-order valence-electron chi connectivity index (χ1n) is 5.59. The van der Waals surface area contributed by atoms with E-state index in [0.717, 1.165) is 11.3 Å². The monoisotopic (exact) mass is 243 g/mol. The van der Waals surface area contributed by atoms with Gasteiger partial charge in [-0.1, -0.05) is 30.3 Å². The molecule has 92 valence electrons. The van der Waals surface area contributed by atoms with Crippen molar-refractivity contribution in [3.63, 3.8) is 0 Å². The van der Waals surface area contributed by atoms with Gasteiger partial charge in [0.05, 0.1) is 5.69 Å². The Morgan fingerprint density at radius 2 is 1.94 bits per heavy atom. The fraction of sp³-hybridized carbons (Fsp3) is 0.154. The first kappa shape index (κ1) is 12.0. The van der Waals surface area contributed by atoms with Gasteiger partial charge in [0.1, 0.15) is 0 Å². The maximum absolute atomic E-state index is 10.5. The summed E-state index contributed by atoms with van der Waals surface area (Å²) in [5.41, 5.74) is 1.91. The van der Waals surface area contributed by atoms with Crippen molar-refractivity contribution in [2.75, 3.05) is 5.32 Å². The van der Waals surface area contributed by atoms with Crippen molar-refractivity contribution >= 4 is 11.5 Å². The van der Waals surface area contributed by atoms with Gasteiger partial charge in [-0.25, -0.2) is 0 Å². The van der Waals surface area contributed by atoms with E-state index in [1.54, 1.807) is 6.07 Å². The van der Waals surface area contributed by atoms with Gasteiger partial charge in [-0.3, -0.25) is 0 Å². The van der Waals surface area contributed by atoms with E-state index < -0.39 is 4.92 Å². The third kappa shape index (κ3) is 2.82. The Morgan fingerprint density at radius 3 is 2.50 bits per heavy atom. The average Bonchev–Trinajstić information content (AvgIpc) is 2.40. The highest BCUT2D eigenvalue weighted by atomic mass is 16.6. The van der Waals surface area contributed by atoms with Crippen molar-refractivity contribution in [2.45, 2.75) is 13.0 Å². The van der Waals surface area contributed by atoms with Crippen molar-refractivity contribution < 1.29 is 4.92 Å². The van der Waals surface area contributed by atoms with Crippen LogP contribution in [0.15, 0.2) is 48.7 Å². The minimum atomic E-state index is -0.510. The van der Waals surface area contributed by atoms with Crippen molar-refractivity contribution in [1.29, 1.82) is 0 Å². The number of anilines is 1. The van der Waals surface area contributed by atoms with E-state index in [4.69, 9.17) is 0 Å². The number of nitrogens with one attached hydrogen (secondary N) is 1. The second-order valence-corrected chi connectivity index (χ2v) is 3.94. The highest BCUT2D eigenvalue weighted by molar-refractivity contribution is 5.45. The Morgan fingerprint density at radius 1 is 1.22 bits per heavy atom. The fourth-order valence-corrected chi connectivity index (χ4v) is 1.65. The van der Waals surface area contributed by atoms with E-state index in [0.29, 0.717) is 0 Å². The lowest BCUT2D eigenvalue weighted by molar-refractivity contribution is -0.389. The minimum Gasteiger partial charge on any atom is -0.375 e. The summed E-state index contributed by atoms with van der Waals surface area (Å²) in [5, 5.41) is 13.7. The SMILES string of the molecule is CC(Nc1ccc([N+](=O)[O-])nc1)c1ccccc1. The number of pyridine rings is 1. The molecule has 0 saturated carbocycles. The van der Waals surface area contributed by atoms with Gasteiger partial charge in [-0.2, -0.15) is 0 Å². The maximum Gasteiger partial charge on any atom is 0.363 e. The standard InChI is InChI=1S/C13H13N3O2/c1-10(11-5-3-2-4-6-11)15-12-7-8-13(14-9-12)16(17)18/h2-10,15H,1H3. The molecule has 0 aliphatic heterocycles. The summed E-state index contributed by atoms with van der Waals surface area (Å²) in [6, 6.07) is 13.1. The minimum absolute atomic E-state index is 0.120. The Balaban J connectivity index is 2.08. The molecule has 1 aromatic carbocycles. The van der Waals surface area contributed by atoms with Crippen LogP contribution in [-0.4, -0.2) is 9.91 Å². The van der Waals surface area contributed by atoms with Crippen LogP contribution in [0.2, 0.25) is 0 Å². The van der Waals surface area contributed by atoms with Gasteiger partial charge in [0.25, 0.3) is 0 Å². The molecule has 5 nitrogen and oxygen atoms in total. The molecule has 1 unspecified atom stereocenters. The van der Waals surface area contributed by atoms with Crippen LogP contribution in [0.25, 0.3) is 0 Å². The second-order valence-electron chi connectivity index (χ2n) is 3.94. The molecule has 0 fully saturated rings. The molecule has 2 aromatic rings. The third-order valence-corrected chi connectivity index (χ3v) is 2.62. The molecule has 0 aliphatic rings. The zero-order valence-corrected chi connectivity index (χ0v) is 9.91. The highest BCUT2D eigenvalue weighted by Gasteiger charge is 2.09. The van der Waals surface area contributed by atoms with Crippen molar-refractivity contribution in [3.8, 4) is 0 Å². The molecule has 18 heavy (non-hydrogen) atoms. The Kier molecular flexibility index (Phi) is 3.52. The lowest BCUT2D eigenvalue weighted by Gasteiger charge is -2.14. The molecule has 2 rings (SSSR count). The Bertz CT molecular complexity index is 526. The zero-order valence-electron chi connectivity index (χ0n) is 9.91. The number of nitro groups is 1. The van der Waals surface area contributed by atoms with E-state index >= 15 is 0 Å². The van der Waals surface area contributed by atoms with Gasteiger partial charge >= 0.3 is 5.82 Å². The molecule has 1 atom stereocenters. The summed E-state index contributed by atoms with van der Waals surface area (Å²) in [6.45, 7) is 2.02. The summed E-state index contributed by atoms with van der Waals surface area (Å²) >= 11 is 0. The van der Waals surface area contributed by atoms with E-state index in [9.17, 15) is 10.1 Å². The van der Waals surface area contributed by atoms with Crippen LogP contribution < -0.4 is 5.32 Å². The number of hydrogen-bond acceptors (Lipinski definition) is 4. The van der Waals surface area contributed by atoms with E-state index in [2.05, 4.69) is 10.3 Å². The van der Waals surface area contributed by atoms with Gasteiger partial charge in [0, 0.05) is 12.1 Å². The molecular formula is C13H13N3O2. The van der Waals surface area contributed by atoms with Crippen LogP contribution in [0.1, 0.15) is 18.5 Å². The quantitative estimate of drug-likeness (QED) is 0.661. The summed E-state index contributed by atoms with van der Waals surface area (Å²) in [4.78, 5) is 13.7. The first-order valence-corrected chi connectivity index (χ1v) is 5.59. The van der Waals surface area contributed by atoms with Crippen LogP contribution in [-0.2, 0) is 0 Å². The van der Waals surface area contributed by atoms with Gasteiger partial charge < -0.3 is 15.4 Å². The third-order valence-electron chi connectivity index (χ3n) is 2.62. The summed E-state index contributed by atoms with van der Waals surface area (Å²) in [6.07, 6.45) is 1.47. The van der Waals surface area contributed by atoms with Crippen LogP contribution in [0, 0.1) is 10.1 Å². The van der Waals surface area contributed by atoms with Crippen LogP contribution in [0.3, 0.4) is 0 Å². The van der Waals surface area contributed by atoms with Gasteiger partial charge in [-0.05, 0) is 28.5 Å². The van der Waals surface area contributed by atoms with E-state index in [1.807, 2.05) is 37.3 Å². The Labute approximate surface area is 105 Å². The highest BCUT2D eigenvalue weighted by Crippen LogP contribution is 2.19.